The van der Waals surface area contributed by atoms with Crippen LogP contribution in [-0.2, 0) is 4.74 Å². The molecule has 5 nitrogen and oxygen atoms in total. The van der Waals surface area contributed by atoms with Crippen molar-refractivity contribution in [2.45, 2.75) is 35.5 Å². The summed E-state index contributed by atoms with van der Waals surface area (Å²) < 4.78 is 6.35. The molecule has 0 spiro atoms. The number of ketones is 1. The van der Waals surface area contributed by atoms with Gasteiger partial charge in [0.25, 0.3) is 0 Å². The first-order chi connectivity index (χ1) is 11.6. The van der Waals surface area contributed by atoms with Crippen molar-refractivity contribution in [2.24, 2.45) is 0 Å². The van der Waals surface area contributed by atoms with Gasteiger partial charge in [0.05, 0.1) is 11.4 Å². The third-order valence-electron chi connectivity index (χ3n) is 3.69. The van der Waals surface area contributed by atoms with E-state index in [1.54, 1.807) is 24.3 Å². The van der Waals surface area contributed by atoms with Crippen LogP contribution in [0.25, 0.3) is 0 Å². The Morgan fingerprint density at radius 3 is 2.96 bits per heavy atom. The van der Waals surface area contributed by atoms with Gasteiger partial charge in [0, 0.05) is 23.7 Å². The molecule has 0 aliphatic carbocycles. The summed E-state index contributed by atoms with van der Waals surface area (Å²) >= 11 is 8.74. The summed E-state index contributed by atoms with van der Waals surface area (Å²) in [7, 11) is 0. The highest BCUT2D eigenvalue weighted by Gasteiger charge is 2.19. The van der Waals surface area contributed by atoms with E-state index in [2.05, 4.69) is 15.5 Å². The number of anilines is 1. The van der Waals surface area contributed by atoms with Crippen LogP contribution < -0.4 is 5.32 Å². The Kier molecular flexibility index (Phi) is 6.10. The SMILES string of the molecule is CC(Sc1nnc(NCC2CCCO2)s1)C(=O)c1ccc(Cl)cc1. The lowest BCUT2D eigenvalue weighted by Crippen LogP contribution is -2.18. The number of carbonyl (C=O) groups excluding carboxylic acids is 1. The molecule has 0 radical (unpaired) electrons. The quantitative estimate of drug-likeness (QED) is 0.572. The summed E-state index contributed by atoms with van der Waals surface area (Å²) in [5.41, 5.74) is 0.653. The van der Waals surface area contributed by atoms with Crippen LogP contribution in [0.1, 0.15) is 30.1 Å². The number of nitrogens with zero attached hydrogens (tertiary/aromatic N) is 2. The predicted octanol–water partition coefficient (Wildman–Crippen LogP) is 4.15. The Bertz CT molecular complexity index is 687. The van der Waals surface area contributed by atoms with Gasteiger partial charge >= 0.3 is 0 Å². The molecule has 2 atom stereocenters. The van der Waals surface area contributed by atoms with Gasteiger partial charge in [-0.2, -0.15) is 0 Å². The molecule has 1 fully saturated rings. The first-order valence-electron chi connectivity index (χ1n) is 7.77. The number of Topliss-reactive ketones (excluding diaryl/α,β-unsaturated/α-hetero) is 1. The second-order valence-corrected chi connectivity index (χ2v) is 8.52. The highest BCUT2D eigenvalue weighted by atomic mass is 35.5. The number of halogens is 1. The van der Waals surface area contributed by atoms with Crippen molar-refractivity contribution in [3.63, 3.8) is 0 Å². The van der Waals surface area contributed by atoms with Crippen LogP contribution in [0.5, 0.6) is 0 Å². The number of rotatable bonds is 7. The van der Waals surface area contributed by atoms with E-state index in [0.717, 1.165) is 35.5 Å². The van der Waals surface area contributed by atoms with Crippen molar-refractivity contribution in [3.05, 3.63) is 34.9 Å². The molecule has 1 aromatic heterocycles. The molecular weight excluding hydrogens is 366 g/mol. The summed E-state index contributed by atoms with van der Waals surface area (Å²) in [6, 6.07) is 6.95. The van der Waals surface area contributed by atoms with E-state index in [-0.39, 0.29) is 17.1 Å². The van der Waals surface area contributed by atoms with Gasteiger partial charge in [-0.1, -0.05) is 34.7 Å². The molecule has 0 bridgehead atoms. The smallest absolute Gasteiger partial charge is 0.206 e. The van der Waals surface area contributed by atoms with Crippen molar-refractivity contribution >= 4 is 45.6 Å². The van der Waals surface area contributed by atoms with Crippen molar-refractivity contribution in [1.82, 2.24) is 10.2 Å². The molecule has 2 aromatic rings. The van der Waals surface area contributed by atoms with E-state index in [0.29, 0.717) is 10.6 Å². The third-order valence-corrected chi connectivity index (χ3v) is 6.00. The summed E-state index contributed by atoms with van der Waals surface area (Å²) in [6.45, 7) is 3.47. The lowest BCUT2D eigenvalue weighted by atomic mass is 10.1. The Labute approximate surface area is 154 Å². The van der Waals surface area contributed by atoms with Gasteiger partial charge in [-0.15, -0.1) is 10.2 Å². The van der Waals surface area contributed by atoms with Gasteiger partial charge in [0.15, 0.2) is 10.1 Å². The first-order valence-corrected chi connectivity index (χ1v) is 9.84. The van der Waals surface area contributed by atoms with Crippen LogP contribution in [0.2, 0.25) is 5.02 Å². The van der Waals surface area contributed by atoms with E-state index in [1.165, 1.54) is 23.1 Å². The minimum absolute atomic E-state index is 0.0562. The Morgan fingerprint density at radius 2 is 2.25 bits per heavy atom. The third kappa shape index (κ3) is 4.69. The van der Waals surface area contributed by atoms with Crippen LogP contribution in [-0.4, -0.2) is 40.5 Å². The van der Waals surface area contributed by atoms with Crippen LogP contribution in [0.3, 0.4) is 0 Å². The standard InChI is InChI=1S/C16H18ClN3O2S2/c1-10(14(21)11-4-6-12(17)7-5-11)23-16-20-19-15(24-16)18-9-13-3-2-8-22-13/h4-7,10,13H,2-3,8-9H2,1H3,(H,18,19). The van der Waals surface area contributed by atoms with Gasteiger partial charge in [-0.25, -0.2) is 0 Å². The molecule has 128 valence electrons. The number of nitrogens with one attached hydrogen (secondary N) is 1. The highest BCUT2D eigenvalue weighted by molar-refractivity contribution is 8.02. The second kappa shape index (κ2) is 8.29. The van der Waals surface area contributed by atoms with Crippen molar-refractivity contribution in [3.8, 4) is 0 Å². The lowest BCUT2D eigenvalue weighted by Gasteiger charge is -2.09. The Balaban J connectivity index is 1.53. The highest BCUT2D eigenvalue weighted by Crippen LogP contribution is 2.30. The van der Waals surface area contributed by atoms with Crippen molar-refractivity contribution < 1.29 is 9.53 Å². The van der Waals surface area contributed by atoms with E-state index in [4.69, 9.17) is 16.3 Å². The van der Waals surface area contributed by atoms with Crippen LogP contribution in [0.15, 0.2) is 28.6 Å². The zero-order valence-electron chi connectivity index (χ0n) is 13.2. The van der Waals surface area contributed by atoms with E-state index in [1.807, 2.05) is 6.92 Å². The number of aromatic nitrogens is 2. The average molecular weight is 384 g/mol. The number of carbonyl (C=O) groups is 1. The monoisotopic (exact) mass is 383 g/mol. The van der Waals surface area contributed by atoms with Gasteiger partial charge in [0.1, 0.15) is 0 Å². The maximum absolute atomic E-state index is 12.4. The molecule has 3 rings (SSSR count). The fourth-order valence-electron chi connectivity index (χ4n) is 2.39. The molecule has 1 saturated heterocycles. The topological polar surface area (TPSA) is 64.1 Å². The minimum atomic E-state index is -0.231. The molecule has 1 N–H and O–H groups in total. The van der Waals surface area contributed by atoms with E-state index >= 15 is 0 Å². The molecule has 2 unspecified atom stereocenters. The summed E-state index contributed by atoms with van der Waals surface area (Å²) in [4.78, 5) is 12.4. The number of hydrogen-bond acceptors (Lipinski definition) is 7. The minimum Gasteiger partial charge on any atom is -0.376 e. The van der Waals surface area contributed by atoms with Gasteiger partial charge in [0.2, 0.25) is 5.13 Å². The molecule has 1 aromatic carbocycles. The Morgan fingerprint density at radius 1 is 1.46 bits per heavy atom. The molecule has 0 saturated carbocycles. The number of thioether (sulfide) groups is 1. The molecule has 1 aliphatic rings. The van der Waals surface area contributed by atoms with Crippen LogP contribution in [0.4, 0.5) is 5.13 Å². The molecule has 2 heterocycles. The largest absolute Gasteiger partial charge is 0.376 e. The predicted molar refractivity (Wildman–Crippen MR) is 98.5 cm³/mol. The van der Waals surface area contributed by atoms with Gasteiger partial charge in [-0.3, -0.25) is 4.79 Å². The summed E-state index contributed by atoms with van der Waals surface area (Å²) in [5.74, 6) is 0.0562. The van der Waals surface area contributed by atoms with E-state index in [9.17, 15) is 4.79 Å². The number of benzene rings is 1. The molecule has 0 amide bonds. The Hall–Kier alpha value is -1.15. The van der Waals surface area contributed by atoms with Crippen molar-refractivity contribution in [1.29, 1.82) is 0 Å². The molecule has 24 heavy (non-hydrogen) atoms. The maximum Gasteiger partial charge on any atom is 0.206 e. The molecule has 8 heteroatoms. The maximum atomic E-state index is 12.4. The zero-order chi connectivity index (χ0) is 16.9. The molecular formula is C16H18ClN3O2S2. The van der Waals surface area contributed by atoms with Gasteiger partial charge in [-0.05, 0) is 44.0 Å². The van der Waals surface area contributed by atoms with Crippen LogP contribution >= 0.6 is 34.7 Å². The first kappa shape index (κ1) is 17.7. The fraction of sp³-hybridized carbons (Fsp3) is 0.438. The lowest BCUT2D eigenvalue weighted by molar-refractivity contribution is 0.0994. The second-order valence-electron chi connectivity index (χ2n) is 5.52. The number of hydrogen-bond donors (Lipinski definition) is 1. The van der Waals surface area contributed by atoms with Crippen molar-refractivity contribution in [2.75, 3.05) is 18.5 Å². The average Bonchev–Trinajstić information content (AvgIpc) is 3.24. The van der Waals surface area contributed by atoms with Crippen LogP contribution in [0, 0.1) is 0 Å². The summed E-state index contributed by atoms with van der Waals surface area (Å²) in [5, 5.41) is 12.7. The summed E-state index contributed by atoms with van der Waals surface area (Å²) in [6.07, 6.45) is 2.46. The van der Waals surface area contributed by atoms with E-state index < -0.39 is 0 Å². The fourth-order valence-corrected chi connectivity index (χ4v) is 4.49. The molecule has 1 aliphatic heterocycles. The normalized spacial score (nSPS) is 18.5. The van der Waals surface area contributed by atoms with Gasteiger partial charge < -0.3 is 10.1 Å². The zero-order valence-corrected chi connectivity index (χ0v) is 15.6. The number of ether oxygens (including phenoxy) is 1.